The number of hydrogen-bond acceptors (Lipinski definition) is 5. The van der Waals surface area contributed by atoms with E-state index in [2.05, 4.69) is 36.0 Å². The molecule has 3 aromatic rings. The lowest BCUT2D eigenvalue weighted by molar-refractivity contribution is 0.0692. The first kappa shape index (κ1) is 21.2. The lowest BCUT2D eigenvalue weighted by Crippen LogP contribution is -2.39. The van der Waals surface area contributed by atoms with Gasteiger partial charge in [-0.15, -0.1) is 0 Å². The Kier molecular flexibility index (Phi) is 5.85. The molecule has 1 aliphatic rings. The number of aromatic nitrogens is 3. The quantitative estimate of drug-likeness (QED) is 0.662. The van der Waals surface area contributed by atoms with Gasteiger partial charge in [-0.05, 0) is 36.6 Å². The highest BCUT2D eigenvalue weighted by Gasteiger charge is 2.30. The number of H-pyrrole nitrogens is 1. The minimum absolute atomic E-state index is 0.0403. The highest BCUT2D eigenvalue weighted by atomic mass is 16.5. The van der Waals surface area contributed by atoms with Crippen LogP contribution in [-0.2, 0) is 11.8 Å². The van der Waals surface area contributed by atoms with E-state index in [0.29, 0.717) is 24.6 Å². The Hall–Kier alpha value is -3.09. The summed E-state index contributed by atoms with van der Waals surface area (Å²) in [5.41, 5.74) is 2.49. The molecule has 31 heavy (non-hydrogen) atoms. The third kappa shape index (κ3) is 4.81. The fourth-order valence-electron chi connectivity index (χ4n) is 3.88. The number of methoxy groups -OCH3 is 1. The summed E-state index contributed by atoms with van der Waals surface area (Å²) in [6.45, 7) is 7.61. The second-order valence-corrected chi connectivity index (χ2v) is 9.20. The largest absolute Gasteiger partial charge is 0.497 e. The zero-order valence-corrected chi connectivity index (χ0v) is 18.6. The number of carbonyl (C=O) groups is 1. The summed E-state index contributed by atoms with van der Waals surface area (Å²) in [6, 6.07) is 9.80. The number of aromatic amines is 1. The zero-order chi connectivity index (χ0) is 22.0. The molecule has 2 aromatic heterocycles. The number of nitrogens with one attached hydrogen (secondary N) is 1. The predicted octanol–water partition coefficient (Wildman–Crippen LogP) is 4.31. The number of carbonyl (C=O) groups excluding carboxylic acids is 1. The van der Waals surface area contributed by atoms with Gasteiger partial charge in [-0.25, -0.2) is 4.98 Å². The lowest BCUT2D eigenvalue weighted by atomic mass is 9.92. The Labute approximate surface area is 182 Å². The number of likely N-dealkylation sites (tertiary alicyclic amines) is 1. The van der Waals surface area contributed by atoms with E-state index >= 15 is 0 Å². The molecule has 164 valence electrons. The maximum atomic E-state index is 13.0. The van der Waals surface area contributed by atoms with Crippen molar-refractivity contribution in [3.8, 4) is 5.75 Å². The van der Waals surface area contributed by atoms with Crippen molar-refractivity contribution in [3.63, 3.8) is 0 Å². The minimum Gasteiger partial charge on any atom is -0.497 e. The first-order valence-corrected chi connectivity index (χ1v) is 10.8. The monoisotopic (exact) mass is 422 g/mol. The van der Waals surface area contributed by atoms with Gasteiger partial charge in [-0.1, -0.05) is 32.9 Å². The van der Waals surface area contributed by atoms with Crippen LogP contribution < -0.4 is 4.74 Å². The summed E-state index contributed by atoms with van der Waals surface area (Å²) < 4.78 is 11.3. The molecular weight excluding hydrogens is 392 g/mol. The molecule has 1 amide bonds. The SMILES string of the molecule is COc1ccc(Cc2cnc(C3CCCN(C(=O)c4cc(C(C)(C)C)[nH]n4)C3)o2)cc1. The minimum atomic E-state index is -0.0751. The van der Waals surface area contributed by atoms with Gasteiger partial charge in [-0.2, -0.15) is 5.10 Å². The van der Waals surface area contributed by atoms with E-state index in [1.807, 2.05) is 35.2 Å². The van der Waals surface area contributed by atoms with Gasteiger partial charge >= 0.3 is 0 Å². The van der Waals surface area contributed by atoms with E-state index < -0.39 is 0 Å². The van der Waals surface area contributed by atoms with Crippen LogP contribution in [0.25, 0.3) is 0 Å². The van der Waals surface area contributed by atoms with Crippen molar-refractivity contribution in [2.45, 2.75) is 51.4 Å². The Morgan fingerprint density at radius 3 is 2.74 bits per heavy atom. The Bertz CT molecular complexity index is 1030. The molecule has 0 aliphatic carbocycles. The van der Waals surface area contributed by atoms with Crippen LogP contribution >= 0.6 is 0 Å². The topological polar surface area (TPSA) is 84.2 Å². The molecule has 1 aliphatic heterocycles. The van der Waals surface area contributed by atoms with Crippen LogP contribution in [0.4, 0.5) is 0 Å². The van der Waals surface area contributed by atoms with Gasteiger partial charge in [0.25, 0.3) is 5.91 Å². The van der Waals surface area contributed by atoms with Crippen LogP contribution in [-0.4, -0.2) is 46.2 Å². The van der Waals surface area contributed by atoms with Crippen molar-refractivity contribution in [1.29, 1.82) is 0 Å². The number of oxazole rings is 1. The fourth-order valence-corrected chi connectivity index (χ4v) is 3.88. The third-order valence-corrected chi connectivity index (χ3v) is 5.77. The second-order valence-electron chi connectivity index (χ2n) is 9.20. The summed E-state index contributed by atoms with van der Waals surface area (Å²) >= 11 is 0. The van der Waals surface area contributed by atoms with Crippen LogP contribution in [0.2, 0.25) is 0 Å². The first-order chi connectivity index (χ1) is 14.8. The van der Waals surface area contributed by atoms with Gasteiger partial charge in [-0.3, -0.25) is 9.89 Å². The molecule has 0 spiro atoms. The fraction of sp³-hybridized carbons (Fsp3) is 0.458. The number of benzene rings is 1. The molecule has 1 unspecified atom stereocenters. The van der Waals surface area contributed by atoms with Gasteiger partial charge in [0.2, 0.25) is 0 Å². The van der Waals surface area contributed by atoms with E-state index in [1.54, 1.807) is 13.3 Å². The summed E-state index contributed by atoms with van der Waals surface area (Å²) in [5, 5.41) is 7.26. The molecule has 0 bridgehead atoms. The molecule has 0 radical (unpaired) electrons. The molecule has 3 heterocycles. The number of rotatable bonds is 5. The van der Waals surface area contributed by atoms with Crippen molar-refractivity contribution >= 4 is 5.91 Å². The number of nitrogens with zero attached hydrogens (tertiary/aromatic N) is 3. The maximum Gasteiger partial charge on any atom is 0.274 e. The summed E-state index contributed by atoms with van der Waals surface area (Å²) in [5.74, 6) is 2.43. The third-order valence-electron chi connectivity index (χ3n) is 5.77. The maximum absolute atomic E-state index is 13.0. The number of piperidine rings is 1. The highest BCUT2D eigenvalue weighted by molar-refractivity contribution is 5.92. The lowest BCUT2D eigenvalue weighted by Gasteiger charge is -2.30. The molecule has 1 N–H and O–H groups in total. The average Bonchev–Trinajstić information content (AvgIpc) is 3.44. The number of hydrogen-bond donors (Lipinski definition) is 1. The zero-order valence-electron chi connectivity index (χ0n) is 18.6. The van der Waals surface area contributed by atoms with Gasteiger partial charge in [0, 0.05) is 30.6 Å². The van der Waals surface area contributed by atoms with E-state index in [9.17, 15) is 4.79 Å². The molecule has 7 heteroatoms. The summed E-state index contributed by atoms with van der Waals surface area (Å²) in [4.78, 5) is 19.4. The Balaban J connectivity index is 1.41. The van der Waals surface area contributed by atoms with Crippen molar-refractivity contribution in [2.24, 2.45) is 0 Å². The first-order valence-electron chi connectivity index (χ1n) is 10.8. The molecule has 0 saturated carbocycles. The normalized spacial score (nSPS) is 17.0. The molecule has 1 atom stereocenters. The van der Waals surface area contributed by atoms with Crippen LogP contribution in [0, 0.1) is 0 Å². The van der Waals surface area contributed by atoms with Crippen molar-refractivity contribution in [1.82, 2.24) is 20.1 Å². The van der Waals surface area contributed by atoms with Crippen molar-refractivity contribution in [3.05, 3.63) is 65.1 Å². The van der Waals surface area contributed by atoms with Gasteiger partial charge in [0.05, 0.1) is 19.2 Å². The van der Waals surface area contributed by atoms with Crippen LogP contribution in [0.1, 0.15) is 72.9 Å². The molecule has 1 fully saturated rings. The van der Waals surface area contributed by atoms with E-state index in [1.165, 1.54) is 0 Å². The molecular formula is C24H30N4O3. The molecule has 1 aromatic carbocycles. The Morgan fingerprint density at radius 1 is 1.29 bits per heavy atom. The van der Waals surface area contributed by atoms with E-state index in [0.717, 1.165) is 42.2 Å². The highest BCUT2D eigenvalue weighted by Crippen LogP contribution is 2.29. The number of ether oxygens (including phenoxy) is 1. The van der Waals surface area contributed by atoms with Gasteiger partial charge in [0.1, 0.15) is 17.2 Å². The van der Waals surface area contributed by atoms with Crippen molar-refractivity contribution < 1.29 is 13.9 Å². The van der Waals surface area contributed by atoms with E-state index in [-0.39, 0.29) is 17.2 Å². The van der Waals surface area contributed by atoms with E-state index in [4.69, 9.17) is 9.15 Å². The van der Waals surface area contributed by atoms with Gasteiger partial charge in [0.15, 0.2) is 5.89 Å². The van der Waals surface area contributed by atoms with Crippen LogP contribution in [0.5, 0.6) is 5.75 Å². The van der Waals surface area contributed by atoms with Crippen LogP contribution in [0.15, 0.2) is 40.9 Å². The molecule has 4 rings (SSSR count). The standard InChI is InChI=1S/C24H30N4O3/c1-24(2,3)21-13-20(26-27-21)23(29)28-11-5-6-17(15-28)22-25-14-19(31-22)12-16-7-9-18(30-4)10-8-16/h7-10,13-14,17H,5-6,11-12,15H2,1-4H3,(H,26,27). The smallest absolute Gasteiger partial charge is 0.274 e. The Morgan fingerprint density at radius 2 is 2.06 bits per heavy atom. The number of amides is 1. The van der Waals surface area contributed by atoms with Crippen LogP contribution in [0.3, 0.4) is 0 Å². The molecule has 7 nitrogen and oxygen atoms in total. The molecule has 1 saturated heterocycles. The average molecular weight is 423 g/mol. The van der Waals surface area contributed by atoms with Gasteiger partial charge < -0.3 is 14.1 Å². The van der Waals surface area contributed by atoms with Crippen molar-refractivity contribution in [2.75, 3.05) is 20.2 Å². The summed E-state index contributed by atoms with van der Waals surface area (Å²) in [7, 11) is 1.66. The predicted molar refractivity (Wildman–Crippen MR) is 117 cm³/mol. The second kappa shape index (κ2) is 8.57. The summed E-state index contributed by atoms with van der Waals surface area (Å²) in [6.07, 6.45) is 4.35.